The van der Waals surface area contributed by atoms with E-state index in [9.17, 15) is 4.79 Å². The molecule has 2 rings (SSSR count). The predicted molar refractivity (Wildman–Crippen MR) is 76.7 cm³/mol. The van der Waals surface area contributed by atoms with E-state index in [1.54, 1.807) is 6.07 Å². The normalized spacial score (nSPS) is 16.2. The van der Waals surface area contributed by atoms with Crippen LogP contribution in [0.1, 0.15) is 48.3 Å². The molecule has 0 saturated heterocycles. The van der Waals surface area contributed by atoms with Gasteiger partial charge in [-0.2, -0.15) is 0 Å². The molecule has 5 nitrogen and oxygen atoms in total. The van der Waals surface area contributed by atoms with Crippen molar-refractivity contribution in [3.05, 3.63) is 23.5 Å². The van der Waals surface area contributed by atoms with Crippen molar-refractivity contribution >= 4 is 5.97 Å². The Balaban J connectivity index is 1.58. The van der Waals surface area contributed by atoms with Crippen LogP contribution in [0.5, 0.6) is 0 Å². The Labute approximate surface area is 120 Å². The van der Waals surface area contributed by atoms with Crippen molar-refractivity contribution < 1.29 is 14.3 Å². The van der Waals surface area contributed by atoms with Crippen LogP contribution in [0.15, 0.2) is 12.1 Å². The van der Waals surface area contributed by atoms with Gasteiger partial charge in [0, 0.05) is 18.8 Å². The summed E-state index contributed by atoms with van der Waals surface area (Å²) in [5.41, 5.74) is 1.46. The van der Waals surface area contributed by atoms with E-state index in [1.807, 2.05) is 6.07 Å². The summed E-state index contributed by atoms with van der Waals surface area (Å²) >= 11 is 0. The van der Waals surface area contributed by atoms with E-state index < -0.39 is 0 Å². The molecule has 20 heavy (non-hydrogen) atoms. The number of ether oxygens (including phenoxy) is 2. The topological polar surface area (TPSA) is 63.4 Å². The Bertz CT molecular complexity index is 411. The van der Waals surface area contributed by atoms with Gasteiger partial charge < -0.3 is 19.8 Å². The minimum Gasteiger partial charge on any atom is -0.464 e. The van der Waals surface area contributed by atoms with Gasteiger partial charge in [0.2, 0.25) is 0 Å². The lowest BCUT2D eigenvalue weighted by Crippen LogP contribution is -2.24. The van der Waals surface area contributed by atoms with Crippen LogP contribution in [-0.4, -0.2) is 37.3 Å². The van der Waals surface area contributed by atoms with E-state index in [2.05, 4.69) is 15.0 Å². The third-order valence-corrected chi connectivity index (χ3v) is 3.65. The van der Waals surface area contributed by atoms with Gasteiger partial charge in [0.1, 0.15) is 5.69 Å². The number of methoxy groups -OCH3 is 1. The molecular weight excluding hydrogens is 256 g/mol. The van der Waals surface area contributed by atoms with Crippen LogP contribution < -0.4 is 5.32 Å². The van der Waals surface area contributed by atoms with Gasteiger partial charge in [0.25, 0.3) is 0 Å². The molecular formula is C15H24N2O3. The first-order valence-electron chi connectivity index (χ1n) is 7.38. The fourth-order valence-corrected chi connectivity index (χ4v) is 2.52. The number of H-pyrrole nitrogens is 1. The number of aromatic nitrogens is 1. The summed E-state index contributed by atoms with van der Waals surface area (Å²) in [4.78, 5) is 14.3. The molecule has 1 fully saturated rings. The van der Waals surface area contributed by atoms with Crippen molar-refractivity contribution in [3.63, 3.8) is 0 Å². The molecule has 0 radical (unpaired) electrons. The molecule has 1 aliphatic rings. The maximum absolute atomic E-state index is 11.3. The van der Waals surface area contributed by atoms with E-state index in [4.69, 9.17) is 4.74 Å². The van der Waals surface area contributed by atoms with Crippen molar-refractivity contribution in [3.8, 4) is 0 Å². The molecule has 0 aromatic carbocycles. The number of nitrogens with one attached hydrogen (secondary N) is 2. The highest BCUT2D eigenvalue weighted by Crippen LogP contribution is 2.19. The summed E-state index contributed by atoms with van der Waals surface area (Å²) in [5, 5.41) is 3.30. The lowest BCUT2D eigenvalue weighted by atomic mass is 9.98. The summed E-state index contributed by atoms with van der Waals surface area (Å²) in [7, 11) is 1.38. The van der Waals surface area contributed by atoms with Crippen LogP contribution in [0, 0.1) is 0 Å². The van der Waals surface area contributed by atoms with E-state index in [-0.39, 0.29) is 5.97 Å². The Kier molecular flexibility index (Phi) is 6.08. The maximum atomic E-state index is 11.3. The molecule has 0 unspecified atom stereocenters. The van der Waals surface area contributed by atoms with Crippen molar-refractivity contribution in [2.45, 2.75) is 44.8 Å². The number of carbonyl (C=O) groups is 1. The van der Waals surface area contributed by atoms with Gasteiger partial charge in [-0.15, -0.1) is 0 Å². The van der Waals surface area contributed by atoms with Crippen LogP contribution in [0.3, 0.4) is 0 Å². The van der Waals surface area contributed by atoms with Gasteiger partial charge >= 0.3 is 5.97 Å². The second kappa shape index (κ2) is 8.07. The third-order valence-electron chi connectivity index (χ3n) is 3.65. The number of carbonyl (C=O) groups excluding carboxylic acids is 1. The highest BCUT2D eigenvalue weighted by molar-refractivity contribution is 5.87. The first kappa shape index (κ1) is 15.1. The Morgan fingerprint density at radius 2 is 2.15 bits per heavy atom. The van der Waals surface area contributed by atoms with Crippen molar-refractivity contribution in [2.75, 3.05) is 20.3 Å². The molecule has 0 atom stereocenters. The first-order valence-corrected chi connectivity index (χ1v) is 7.38. The Morgan fingerprint density at radius 3 is 2.90 bits per heavy atom. The summed E-state index contributed by atoms with van der Waals surface area (Å²) in [5.74, 6) is -0.336. The molecule has 112 valence electrons. The van der Waals surface area contributed by atoms with Crippen LogP contribution in [0.4, 0.5) is 0 Å². The third kappa shape index (κ3) is 4.65. The fraction of sp³-hybridized carbons (Fsp3) is 0.667. The maximum Gasteiger partial charge on any atom is 0.354 e. The lowest BCUT2D eigenvalue weighted by Gasteiger charge is -2.21. The zero-order valence-corrected chi connectivity index (χ0v) is 12.1. The minimum atomic E-state index is -0.336. The van der Waals surface area contributed by atoms with Crippen LogP contribution in [0.2, 0.25) is 0 Å². The molecule has 0 amide bonds. The van der Waals surface area contributed by atoms with Crippen LogP contribution in [0.25, 0.3) is 0 Å². The van der Waals surface area contributed by atoms with Gasteiger partial charge in [-0.25, -0.2) is 4.79 Å². The van der Waals surface area contributed by atoms with Gasteiger partial charge in [0.05, 0.1) is 19.8 Å². The van der Waals surface area contributed by atoms with E-state index in [0.717, 1.165) is 18.8 Å². The van der Waals surface area contributed by atoms with Crippen molar-refractivity contribution in [1.29, 1.82) is 0 Å². The summed E-state index contributed by atoms with van der Waals surface area (Å²) in [6, 6.07) is 3.63. The monoisotopic (exact) mass is 280 g/mol. The average Bonchev–Trinajstić information content (AvgIpc) is 2.96. The number of esters is 1. The number of aromatic amines is 1. The van der Waals surface area contributed by atoms with Crippen LogP contribution in [-0.2, 0) is 16.0 Å². The Morgan fingerprint density at radius 1 is 1.35 bits per heavy atom. The minimum absolute atomic E-state index is 0.336. The quantitative estimate of drug-likeness (QED) is 0.594. The van der Waals surface area contributed by atoms with Crippen molar-refractivity contribution in [1.82, 2.24) is 10.3 Å². The molecule has 2 N–H and O–H groups in total. The largest absolute Gasteiger partial charge is 0.464 e. The number of hydrogen-bond donors (Lipinski definition) is 2. The molecule has 1 aromatic heterocycles. The zero-order chi connectivity index (χ0) is 14.2. The van der Waals surface area contributed by atoms with Gasteiger partial charge in [-0.05, 0) is 25.0 Å². The molecule has 1 aromatic rings. The van der Waals surface area contributed by atoms with Crippen LogP contribution >= 0.6 is 0 Å². The molecule has 0 spiro atoms. The van der Waals surface area contributed by atoms with E-state index >= 15 is 0 Å². The predicted octanol–water partition coefficient (Wildman–Crippen LogP) is 2.24. The fourth-order valence-electron chi connectivity index (χ4n) is 2.52. The molecule has 1 saturated carbocycles. The highest BCUT2D eigenvalue weighted by Gasteiger charge is 2.13. The standard InChI is InChI=1S/C15H24N2O3/c1-19-15(18)14-8-7-12(17-14)11-16-9-10-20-13-5-3-2-4-6-13/h7-8,13,16-17H,2-6,9-11H2,1H3. The van der Waals surface area contributed by atoms with Gasteiger partial charge in [0.15, 0.2) is 0 Å². The van der Waals surface area contributed by atoms with E-state index in [0.29, 0.717) is 18.3 Å². The van der Waals surface area contributed by atoms with E-state index in [1.165, 1.54) is 39.2 Å². The highest BCUT2D eigenvalue weighted by atomic mass is 16.5. The molecule has 1 aliphatic carbocycles. The summed E-state index contributed by atoms with van der Waals surface area (Å²) in [6.07, 6.45) is 6.83. The number of hydrogen-bond acceptors (Lipinski definition) is 4. The Hall–Kier alpha value is -1.33. The number of rotatable bonds is 7. The SMILES string of the molecule is COC(=O)c1ccc(CNCCOC2CCCCC2)[nH]1. The average molecular weight is 280 g/mol. The first-order chi connectivity index (χ1) is 9.79. The molecule has 0 aliphatic heterocycles. The smallest absolute Gasteiger partial charge is 0.354 e. The molecule has 5 heteroatoms. The zero-order valence-electron chi connectivity index (χ0n) is 12.1. The van der Waals surface area contributed by atoms with Gasteiger partial charge in [-0.3, -0.25) is 0 Å². The molecule has 1 heterocycles. The summed E-state index contributed by atoms with van der Waals surface area (Å²) < 4.78 is 10.5. The van der Waals surface area contributed by atoms with Gasteiger partial charge in [-0.1, -0.05) is 19.3 Å². The second-order valence-electron chi connectivity index (χ2n) is 5.20. The summed E-state index contributed by atoms with van der Waals surface area (Å²) in [6.45, 7) is 2.27. The van der Waals surface area contributed by atoms with Crippen molar-refractivity contribution in [2.24, 2.45) is 0 Å². The second-order valence-corrected chi connectivity index (χ2v) is 5.20. The molecule has 0 bridgehead atoms. The lowest BCUT2D eigenvalue weighted by molar-refractivity contribution is 0.0302.